The molecule has 0 atom stereocenters. The highest BCUT2D eigenvalue weighted by Gasteiger charge is 2.32. The summed E-state index contributed by atoms with van der Waals surface area (Å²) >= 11 is 0. The van der Waals surface area contributed by atoms with E-state index in [4.69, 9.17) is 0 Å². The molecule has 2 N–H and O–H groups in total. The minimum Gasteiger partial charge on any atom is -0.355 e. The van der Waals surface area contributed by atoms with Crippen LogP contribution in [0.4, 0.5) is 0 Å². The van der Waals surface area contributed by atoms with E-state index in [1.54, 1.807) is 0 Å². The second-order valence-electron chi connectivity index (χ2n) is 4.42. The summed E-state index contributed by atoms with van der Waals surface area (Å²) in [5, 5.41) is 5.71. The van der Waals surface area contributed by atoms with Gasteiger partial charge in [-0.25, -0.2) is 0 Å². The summed E-state index contributed by atoms with van der Waals surface area (Å²) in [6, 6.07) is 0. The second kappa shape index (κ2) is 7.73. The highest BCUT2D eigenvalue weighted by atomic mass is 16.2. The number of piperazine rings is 1. The molecule has 1 heterocycles. The van der Waals surface area contributed by atoms with Gasteiger partial charge in [0.15, 0.2) is 0 Å². The van der Waals surface area contributed by atoms with E-state index in [1.165, 1.54) is 9.80 Å². The number of hydrogen-bond donors (Lipinski definition) is 2. The number of carbonyl (C=O) groups excluding carboxylic acids is 3. The fourth-order valence-electron chi connectivity index (χ4n) is 1.89. The summed E-state index contributed by atoms with van der Waals surface area (Å²) < 4.78 is 0. The number of nitrogens with one attached hydrogen (secondary N) is 2. The van der Waals surface area contributed by atoms with Crippen molar-refractivity contribution < 1.29 is 14.4 Å². The lowest BCUT2D eigenvalue weighted by atomic mass is 10.3. The van der Waals surface area contributed by atoms with Gasteiger partial charge in [-0.3, -0.25) is 14.4 Å². The molecular formula is C12H22N4O3. The molecule has 0 aliphatic carbocycles. The van der Waals surface area contributed by atoms with Crippen LogP contribution in [-0.4, -0.2) is 73.8 Å². The number of hydrogen-bond acceptors (Lipinski definition) is 4. The standard InChI is InChI=1S/C12H22N4O3/c1-3-15-7-8-16(12(19)11(15)18)9-10(17)14-6-4-5-13-2/h13H,3-9H2,1-2H3,(H,14,17). The Labute approximate surface area is 113 Å². The van der Waals surface area contributed by atoms with Crippen LogP contribution in [-0.2, 0) is 14.4 Å². The average Bonchev–Trinajstić information content (AvgIpc) is 2.40. The molecule has 0 aromatic carbocycles. The van der Waals surface area contributed by atoms with Crippen LogP contribution in [0, 0.1) is 0 Å². The highest BCUT2D eigenvalue weighted by molar-refractivity contribution is 6.35. The van der Waals surface area contributed by atoms with E-state index in [9.17, 15) is 14.4 Å². The van der Waals surface area contributed by atoms with Gasteiger partial charge in [-0.15, -0.1) is 0 Å². The van der Waals surface area contributed by atoms with Gasteiger partial charge in [0.25, 0.3) is 0 Å². The van der Waals surface area contributed by atoms with E-state index in [0.717, 1.165) is 13.0 Å². The third-order valence-corrected chi connectivity index (χ3v) is 3.04. The van der Waals surface area contributed by atoms with Crippen molar-refractivity contribution in [3.8, 4) is 0 Å². The first-order chi connectivity index (χ1) is 9.10. The lowest BCUT2D eigenvalue weighted by Gasteiger charge is -2.32. The minimum atomic E-state index is -0.585. The molecule has 0 radical (unpaired) electrons. The molecular weight excluding hydrogens is 248 g/mol. The van der Waals surface area contributed by atoms with Gasteiger partial charge in [-0.1, -0.05) is 0 Å². The summed E-state index contributed by atoms with van der Waals surface area (Å²) in [5.41, 5.74) is 0. The molecule has 1 fully saturated rings. The van der Waals surface area contributed by atoms with Crippen LogP contribution in [0.5, 0.6) is 0 Å². The van der Waals surface area contributed by atoms with Gasteiger partial charge < -0.3 is 20.4 Å². The molecule has 7 heteroatoms. The van der Waals surface area contributed by atoms with E-state index in [-0.39, 0.29) is 12.5 Å². The molecule has 0 bridgehead atoms. The van der Waals surface area contributed by atoms with Crippen LogP contribution in [0.1, 0.15) is 13.3 Å². The Balaban J connectivity index is 2.35. The third-order valence-electron chi connectivity index (χ3n) is 3.04. The fraction of sp³-hybridized carbons (Fsp3) is 0.750. The van der Waals surface area contributed by atoms with Gasteiger partial charge in [0.05, 0.1) is 0 Å². The second-order valence-corrected chi connectivity index (χ2v) is 4.42. The van der Waals surface area contributed by atoms with Gasteiger partial charge in [0.2, 0.25) is 5.91 Å². The Morgan fingerprint density at radius 1 is 1.16 bits per heavy atom. The fourth-order valence-corrected chi connectivity index (χ4v) is 1.89. The SMILES string of the molecule is CCN1CCN(CC(=O)NCCCNC)C(=O)C1=O. The molecule has 1 aliphatic heterocycles. The van der Waals surface area contributed by atoms with Gasteiger partial charge in [0, 0.05) is 26.2 Å². The van der Waals surface area contributed by atoms with Crippen LogP contribution in [0.2, 0.25) is 0 Å². The predicted octanol–water partition coefficient (Wildman–Crippen LogP) is -1.60. The van der Waals surface area contributed by atoms with Crippen LogP contribution in [0.25, 0.3) is 0 Å². The lowest BCUT2D eigenvalue weighted by Crippen LogP contribution is -2.56. The van der Waals surface area contributed by atoms with Gasteiger partial charge in [-0.2, -0.15) is 0 Å². The number of likely N-dealkylation sites (N-methyl/N-ethyl adjacent to an activating group) is 1. The topological polar surface area (TPSA) is 81.8 Å². The number of amides is 3. The Hall–Kier alpha value is -1.63. The van der Waals surface area contributed by atoms with Crippen LogP contribution >= 0.6 is 0 Å². The minimum absolute atomic E-state index is 0.0400. The van der Waals surface area contributed by atoms with Crippen molar-refractivity contribution in [2.45, 2.75) is 13.3 Å². The molecule has 3 amide bonds. The molecule has 0 aromatic heterocycles. The van der Waals surface area contributed by atoms with Crippen molar-refractivity contribution >= 4 is 17.7 Å². The molecule has 1 rings (SSSR count). The molecule has 0 aromatic rings. The number of carbonyl (C=O) groups is 3. The Kier molecular flexibility index (Phi) is 6.27. The summed E-state index contributed by atoms with van der Waals surface area (Å²) in [6.07, 6.45) is 0.832. The zero-order chi connectivity index (χ0) is 14.3. The Bertz CT molecular complexity index is 346. The average molecular weight is 270 g/mol. The maximum Gasteiger partial charge on any atom is 0.312 e. The molecule has 19 heavy (non-hydrogen) atoms. The van der Waals surface area contributed by atoms with E-state index in [0.29, 0.717) is 26.2 Å². The monoisotopic (exact) mass is 270 g/mol. The largest absolute Gasteiger partial charge is 0.355 e. The molecule has 7 nitrogen and oxygen atoms in total. The maximum atomic E-state index is 11.8. The lowest BCUT2D eigenvalue weighted by molar-refractivity contribution is -0.156. The summed E-state index contributed by atoms with van der Waals surface area (Å²) in [7, 11) is 1.85. The summed E-state index contributed by atoms with van der Waals surface area (Å²) in [4.78, 5) is 37.8. The van der Waals surface area contributed by atoms with Crippen molar-refractivity contribution in [3.05, 3.63) is 0 Å². The molecule has 0 unspecified atom stereocenters. The van der Waals surface area contributed by atoms with Crippen molar-refractivity contribution in [1.82, 2.24) is 20.4 Å². The molecule has 0 spiro atoms. The zero-order valence-electron chi connectivity index (χ0n) is 11.6. The zero-order valence-corrected chi connectivity index (χ0v) is 11.6. The van der Waals surface area contributed by atoms with Crippen molar-refractivity contribution in [2.24, 2.45) is 0 Å². The molecule has 108 valence electrons. The first kappa shape index (κ1) is 15.4. The van der Waals surface area contributed by atoms with Crippen LogP contribution < -0.4 is 10.6 Å². The summed E-state index contributed by atoms with van der Waals surface area (Å²) in [6.45, 7) is 4.62. The predicted molar refractivity (Wildman–Crippen MR) is 70.4 cm³/mol. The number of rotatable bonds is 7. The van der Waals surface area contributed by atoms with Gasteiger partial charge in [-0.05, 0) is 26.9 Å². The first-order valence-corrected chi connectivity index (χ1v) is 6.59. The Morgan fingerprint density at radius 2 is 1.79 bits per heavy atom. The van der Waals surface area contributed by atoms with Gasteiger partial charge in [0.1, 0.15) is 6.54 Å². The van der Waals surface area contributed by atoms with E-state index in [2.05, 4.69) is 10.6 Å². The van der Waals surface area contributed by atoms with Crippen molar-refractivity contribution in [1.29, 1.82) is 0 Å². The van der Waals surface area contributed by atoms with Crippen LogP contribution in [0.3, 0.4) is 0 Å². The smallest absolute Gasteiger partial charge is 0.312 e. The maximum absolute atomic E-state index is 11.8. The van der Waals surface area contributed by atoms with Crippen molar-refractivity contribution in [3.63, 3.8) is 0 Å². The van der Waals surface area contributed by atoms with E-state index < -0.39 is 11.8 Å². The summed E-state index contributed by atoms with van der Waals surface area (Å²) in [5.74, 6) is -1.32. The molecule has 1 aliphatic rings. The Morgan fingerprint density at radius 3 is 2.42 bits per heavy atom. The number of nitrogens with zero attached hydrogens (tertiary/aromatic N) is 2. The van der Waals surface area contributed by atoms with Crippen molar-refractivity contribution in [2.75, 3.05) is 46.3 Å². The normalized spacial score (nSPS) is 15.9. The first-order valence-electron chi connectivity index (χ1n) is 6.59. The van der Waals surface area contributed by atoms with E-state index in [1.807, 2.05) is 14.0 Å². The van der Waals surface area contributed by atoms with Gasteiger partial charge >= 0.3 is 11.8 Å². The highest BCUT2D eigenvalue weighted by Crippen LogP contribution is 2.04. The quantitative estimate of drug-likeness (QED) is 0.431. The third kappa shape index (κ3) is 4.51. The molecule has 1 saturated heterocycles. The van der Waals surface area contributed by atoms with E-state index >= 15 is 0 Å². The van der Waals surface area contributed by atoms with Crippen LogP contribution in [0.15, 0.2) is 0 Å². The molecule has 0 saturated carbocycles.